The Hall–Kier alpha value is -4.45. The number of anilines is 3. The highest BCUT2D eigenvalue weighted by atomic mass is 16.5. The lowest BCUT2D eigenvalue weighted by molar-refractivity contribution is 0.0255. The molecule has 1 aromatic heterocycles. The number of carbonyl (C=O) groups excluding carboxylic acids is 1. The average molecular weight is 548 g/mol. The quantitative estimate of drug-likeness (QED) is 0.147. The Balaban J connectivity index is 1.37. The van der Waals surface area contributed by atoms with E-state index in [2.05, 4.69) is 20.6 Å². The number of hydrogen-bond donors (Lipinski definition) is 3. The summed E-state index contributed by atoms with van der Waals surface area (Å²) < 4.78 is 27.2. The van der Waals surface area contributed by atoms with Crippen molar-refractivity contribution in [2.75, 3.05) is 64.8 Å². The van der Waals surface area contributed by atoms with E-state index >= 15 is 0 Å². The van der Waals surface area contributed by atoms with Crippen LogP contribution in [0.1, 0.15) is 10.4 Å². The van der Waals surface area contributed by atoms with Gasteiger partial charge >= 0.3 is 0 Å². The summed E-state index contributed by atoms with van der Waals surface area (Å²) in [6, 6.07) is 18.1. The molecule has 0 aliphatic carbocycles. The van der Waals surface area contributed by atoms with Crippen molar-refractivity contribution in [1.29, 1.82) is 0 Å². The number of nitrogens with one attached hydrogen (secondary N) is 2. The maximum atomic E-state index is 12.8. The number of ether oxygens (including phenoxy) is 5. The fourth-order valence-electron chi connectivity index (χ4n) is 3.81. The van der Waals surface area contributed by atoms with E-state index in [4.69, 9.17) is 29.4 Å². The number of aromatic nitrogens is 2. The third-order valence-corrected chi connectivity index (χ3v) is 5.76. The van der Waals surface area contributed by atoms with Crippen molar-refractivity contribution in [3.63, 3.8) is 0 Å². The molecular formula is C29H33N5O6. The maximum Gasteiger partial charge on any atom is 0.251 e. The van der Waals surface area contributed by atoms with Crippen molar-refractivity contribution in [1.82, 2.24) is 15.3 Å². The molecule has 1 heterocycles. The number of rotatable bonds is 15. The molecule has 0 saturated carbocycles. The lowest BCUT2D eigenvalue weighted by atomic mass is 10.1. The number of amides is 1. The van der Waals surface area contributed by atoms with E-state index < -0.39 is 0 Å². The molecule has 4 rings (SSSR count). The van der Waals surface area contributed by atoms with Gasteiger partial charge in [0.2, 0.25) is 11.8 Å². The normalized spacial score (nSPS) is 10.8. The van der Waals surface area contributed by atoms with Crippen LogP contribution in [0.25, 0.3) is 10.8 Å². The molecule has 11 nitrogen and oxygen atoms in total. The first kappa shape index (κ1) is 28.6. The molecule has 0 atom stereocenters. The first-order chi connectivity index (χ1) is 19.6. The largest absolute Gasteiger partial charge is 0.497 e. The molecule has 0 spiro atoms. The molecule has 0 bridgehead atoms. The third-order valence-electron chi connectivity index (χ3n) is 5.76. The Morgan fingerprint density at radius 3 is 2.48 bits per heavy atom. The van der Waals surface area contributed by atoms with Gasteiger partial charge in [-0.1, -0.05) is 24.3 Å². The van der Waals surface area contributed by atoms with E-state index in [1.165, 1.54) is 7.11 Å². The molecule has 0 aliphatic rings. The van der Waals surface area contributed by atoms with Crippen molar-refractivity contribution in [2.24, 2.45) is 0 Å². The molecule has 4 N–H and O–H groups in total. The van der Waals surface area contributed by atoms with Crippen LogP contribution < -0.4 is 25.8 Å². The van der Waals surface area contributed by atoms with Gasteiger partial charge < -0.3 is 40.1 Å². The van der Waals surface area contributed by atoms with Crippen LogP contribution in [0, 0.1) is 0 Å². The van der Waals surface area contributed by atoms with Gasteiger partial charge in [-0.3, -0.25) is 4.79 Å². The summed E-state index contributed by atoms with van der Waals surface area (Å²) in [4.78, 5) is 21.5. The molecule has 0 aliphatic heterocycles. The van der Waals surface area contributed by atoms with Gasteiger partial charge in [0.25, 0.3) is 5.91 Å². The lowest BCUT2D eigenvalue weighted by Gasteiger charge is -2.12. The van der Waals surface area contributed by atoms with Crippen molar-refractivity contribution < 1.29 is 28.5 Å². The predicted molar refractivity (Wildman–Crippen MR) is 153 cm³/mol. The Bertz CT molecular complexity index is 1420. The highest BCUT2D eigenvalue weighted by molar-refractivity contribution is 5.97. The molecular weight excluding hydrogens is 514 g/mol. The average Bonchev–Trinajstić information content (AvgIpc) is 2.98. The van der Waals surface area contributed by atoms with Gasteiger partial charge in [-0.05, 0) is 24.3 Å². The molecule has 0 fully saturated rings. The minimum atomic E-state index is -0.268. The molecule has 11 heteroatoms. The second kappa shape index (κ2) is 14.6. The zero-order chi connectivity index (χ0) is 28.2. The van der Waals surface area contributed by atoms with Crippen molar-refractivity contribution in [3.05, 3.63) is 72.4 Å². The maximum absolute atomic E-state index is 12.8. The lowest BCUT2D eigenvalue weighted by Crippen LogP contribution is -2.27. The summed E-state index contributed by atoms with van der Waals surface area (Å²) in [7, 11) is 3.15. The summed E-state index contributed by atoms with van der Waals surface area (Å²) in [6.45, 7) is 2.67. The number of fused-ring (bicyclic) bond motifs is 1. The fraction of sp³-hybridized carbons (Fsp3) is 0.276. The summed E-state index contributed by atoms with van der Waals surface area (Å²) in [5.41, 5.74) is 7.76. The molecule has 0 saturated heterocycles. The minimum absolute atomic E-state index is 0.268. The van der Waals surface area contributed by atoms with Crippen LogP contribution in [0.2, 0.25) is 0 Å². The standard InChI is InChI=1S/C29H33N5O6/c1-36-13-14-39-16-15-38-12-11-31-28(35)20-17-21(19-22(18-20)37-2)33-29-32-10-9-27(34-29)40-26-8-7-25(30)23-5-3-4-6-24(23)26/h3-10,17-19H,11-16,30H2,1-2H3,(H,31,35)(H,32,33,34). The summed E-state index contributed by atoms with van der Waals surface area (Å²) in [5, 5.41) is 7.73. The Kier molecular flexibility index (Phi) is 10.4. The van der Waals surface area contributed by atoms with Gasteiger partial charge in [0.15, 0.2) is 0 Å². The predicted octanol–water partition coefficient (Wildman–Crippen LogP) is 4.17. The number of hydrogen-bond acceptors (Lipinski definition) is 10. The first-order valence-corrected chi connectivity index (χ1v) is 12.7. The highest BCUT2D eigenvalue weighted by Gasteiger charge is 2.12. The van der Waals surface area contributed by atoms with Gasteiger partial charge in [0.1, 0.15) is 11.5 Å². The van der Waals surface area contributed by atoms with Crippen LogP contribution >= 0.6 is 0 Å². The molecule has 4 aromatic rings. The fourth-order valence-corrected chi connectivity index (χ4v) is 3.81. The summed E-state index contributed by atoms with van der Waals surface area (Å²) in [5.74, 6) is 1.49. The first-order valence-electron chi connectivity index (χ1n) is 12.7. The van der Waals surface area contributed by atoms with Crippen molar-refractivity contribution >= 4 is 34.0 Å². The highest BCUT2D eigenvalue weighted by Crippen LogP contribution is 2.33. The molecule has 210 valence electrons. The van der Waals surface area contributed by atoms with E-state index in [-0.39, 0.29) is 11.9 Å². The van der Waals surface area contributed by atoms with E-state index in [9.17, 15) is 4.79 Å². The van der Waals surface area contributed by atoms with Crippen molar-refractivity contribution in [3.8, 4) is 17.4 Å². The summed E-state index contributed by atoms with van der Waals surface area (Å²) >= 11 is 0. The van der Waals surface area contributed by atoms with Crippen LogP contribution in [0.3, 0.4) is 0 Å². The number of nitrogen functional groups attached to an aromatic ring is 1. The van der Waals surface area contributed by atoms with Gasteiger partial charge in [-0.2, -0.15) is 4.98 Å². The SMILES string of the molecule is COCCOCCOCCNC(=O)c1cc(Nc2nccc(Oc3ccc(N)c4ccccc34)n2)cc(OC)c1. The number of benzene rings is 3. The smallest absolute Gasteiger partial charge is 0.251 e. The van der Waals surface area contributed by atoms with E-state index in [0.29, 0.717) is 73.9 Å². The number of nitrogens with zero attached hydrogens (tertiary/aromatic N) is 2. The van der Waals surface area contributed by atoms with Gasteiger partial charge in [-0.25, -0.2) is 4.98 Å². The Morgan fingerprint density at radius 2 is 1.68 bits per heavy atom. The second-order valence-electron chi connectivity index (χ2n) is 8.57. The monoisotopic (exact) mass is 547 g/mol. The van der Waals surface area contributed by atoms with Crippen LogP contribution in [0.15, 0.2) is 66.9 Å². The van der Waals surface area contributed by atoms with E-state index in [1.807, 2.05) is 30.3 Å². The molecule has 40 heavy (non-hydrogen) atoms. The van der Waals surface area contributed by atoms with Crippen LogP contribution in [0.4, 0.5) is 17.3 Å². The molecule has 0 radical (unpaired) electrons. The third kappa shape index (κ3) is 8.03. The van der Waals surface area contributed by atoms with Gasteiger partial charge in [0, 0.05) is 59.7 Å². The number of nitrogens with two attached hydrogens (primary N) is 1. The number of carbonyl (C=O) groups is 1. The molecule has 0 unspecified atom stereocenters. The number of methoxy groups -OCH3 is 2. The van der Waals surface area contributed by atoms with Gasteiger partial charge in [0.05, 0.1) is 40.1 Å². The van der Waals surface area contributed by atoms with Crippen molar-refractivity contribution in [2.45, 2.75) is 0 Å². The topological polar surface area (TPSA) is 139 Å². The minimum Gasteiger partial charge on any atom is -0.497 e. The van der Waals surface area contributed by atoms with Crippen LogP contribution in [0.5, 0.6) is 17.4 Å². The van der Waals surface area contributed by atoms with Gasteiger partial charge in [-0.15, -0.1) is 0 Å². The summed E-state index contributed by atoms with van der Waals surface area (Å²) in [6.07, 6.45) is 1.58. The zero-order valence-corrected chi connectivity index (χ0v) is 22.5. The molecule has 3 aromatic carbocycles. The second-order valence-corrected chi connectivity index (χ2v) is 8.57. The Morgan fingerprint density at radius 1 is 0.900 bits per heavy atom. The zero-order valence-electron chi connectivity index (χ0n) is 22.5. The molecule has 1 amide bonds. The van der Waals surface area contributed by atoms with Crippen LogP contribution in [-0.4, -0.2) is 69.7 Å². The van der Waals surface area contributed by atoms with E-state index in [1.54, 1.807) is 43.6 Å². The van der Waals surface area contributed by atoms with E-state index in [0.717, 1.165) is 10.8 Å². The van der Waals surface area contributed by atoms with Crippen LogP contribution in [-0.2, 0) is 14.2 Å². The Labute approximate surface area is 232 Å².